The predicted molar refractivity (Wildman–Crippen MR) is 188 cm³/mol. The molecule has 6 rings (SSSR count). The summed E-state index contributed by atoms with van der Waals surface area (Å²) in [5, 5.41) is 4.51. The van der Waals surface area contributed by atoms with Crippen molar-refractivity contribution in [1.82, 2.24) is 20.3 Å². The van der Waals surface area contributed by atoms with E-state index in [0.717, 1.165) is 89.5 Å². The third-order valence-corrected chi connectivity index (χ3v) is 9.38. The van der Waals surface area contributed by atoms with Crippen molar-refractivity contribution in [2.45, 2.75) is 57.7 Å². The lowest BCUT2D eigenvalue weighted by atomic mass is 10.0. The van der Waals surface area contributed by atoms with Crippen molar-refractivity contribution < 1.29 is 18.6 Å². The number of thioether (sulfide) groups is 1. The standard InChI is InChI=1S/C35H47N7O4S/c1-23-20-42(21-24(2)45-23)34-39-32-28(33(40-34)41-13-15-44-16-14-41)8-9-29(38-32)25-6-10-30(43-5)26(18-25)19-37-12-17-47-22-27-7-11-31(46-27)35(3,4)36/h6-11,18,23-24,37H,12-17,19-22,36H2,1-5H3. The highest BCUT2D eigenvalue weighted by atomic mass is 32.2. The van der Waals surface area contributed by atoms with Gasteiger partial charge < -0.3 is 39.5 Å². The van der Waals surface area contributed by atoms with E-state index in [1.54, 1.807) is 7.11 Å². The molecule has 5 heterocycles. The van der Waals surface area contributed by atoms with E-state index in [9.17, 15) is 0 Å². The minimum atomic E-state index is -0.469. The quantitative estimate of drug-likeness (QED) is 0.200. The molecule has 0 aliphatic carbocycles. The molecule has 2 fully saturated rings. The van der Waals surface area contributed by atoms with E-state index >= 15 is 0 Å². The smallest absolute Gasteiger partial charge is 0.229 e. The Morgan fingerprint density at radius 3 is 2.51 bits per heavy atom. The van der Waals surface area contributed by atoms with Crippen LogP contribution in [0.2, 0.25) is 0 Å². The molecule has 0 amide bonds. The lowest BCUT2D eigenvalue weighted by Gasteiger charge is -2.36. The number of anilines is 2. The molecule has 252 valence electrons. The number of hydrogen-bond acceptors (Lipinski definition) is 12. The molecule has 2 saturated heterocycles. The summed E-state index contributed by atoms with van der Waals surface area (Å²) >= 11 is 1.83. The number of aromatic nitrogens is 3. The molecule has 2 aliphatic heterocycles. The van der Waals surface area contributed by atoms with E-state index < -0.39 is 5.54 Å². The lowest BCUT2D eigenvalue weighted by Crippen LogP contribution is -2.46. The minimum Gasteiger partial charge on any atom is -0.496 e. The molecule has 2 unspecified atom stereocenters. The summed E-state index contributed by atoms with van der Waals surface area (Å²) in [6.07, 6.45) is 0.199. The van der Waals surface area contributed by atoms with Crippen LogP contribution in [0.4, 0.5) is 11.8 Å². The zero-order valence-corrected chi connectivity index (χ0v) is 28.9. The fraction of sp³-hybridized carbons (Fsp3) is 0.514. The number of methoxy groups -OCH3 is 1. The van der Waals surface area contributed by atoms with Gasteiger partial charge in [0.05, 0.1) is 54.9 Å². The molecule has 0 saturated carbocycles. The van der Waals surface area contributed by atoms with Gasteiger partial charge in [0.15, 0.2) is 5.65 Å². The minimum absolute atomic E-state index is 0.0993. The van der Waals surface area contributed by atoms with Crippen LogP contribution in [0.25, 0.3) is 22.3 Å². The maximum absolute atomic E-state index is 6.15. The largest absolute Gasteiger partial charge is 0.496 e. The number of benzene rings is 1. The summed E-state index contributed by atoms with van der Waals surface area (Å²) in [5.74, 6) is 5.97. The van der Waals surface area contributed by atoms with Crippen LogP contribution < -0.4 is 25.6 Å². The Bertz CT molecular complexity index is 1640. The van der Waals surface area contributed by atoms with Gasteiger partial charge in [-0.05, 0) is 70.2 Å². The summed E-state index contributed by atoms with van der Waals surface area (Å²) in [5.41, 5.74) is 9.31. The van der Waals surface area contributed by atoms with Gasteiger partial charge >= 0.3 is 0 Å². The van der Waals surface area contributed by atoms with Gasteiger partial charge in [0.25, 0.3) is 0 Å². The molecule has 3 N–H and O–H groups in total. The Balaban J connectivity index is 1.18. The number of furan rings is 1. The number of nitrogens with one attached hydrogen (secondary N) is 1. The van der Waals surface area contributed by atoms with E-state index in [-0.39, 0.29) is 12.2 Å². The Kier molecular flexibility index (Phi) is 10.5. The second-order valence-electron chi connectivity index (χ2n) is 12.9. The third-order valence-electron chi connectivity index (χ3n) is 8.40. The molecule has 3 aromatic heterocycles. The topological polar surface area (TPSA) is 124 Å². The van der Waals surface area contributed by atoms with Gasteiger partial charge in [-0.1, -0.05) is 0 Å². The number of rotatable bonds is 12. The van der Waals surface area contributed by atoms with Crippen LogP contribution in [0, 0.1) is 0 Å². The van der Waals surface area contributed by atoms with Gasteiger partial charge in [-0.15, -0.1) is 0 Å². The van der Waals surface area contributed by atoms with Crippen LogP contribution in [0.15, 0.2) is 46.9 Å². The first-order chi connectivity index (χ1) is 22.7. The maximum Gasteiger partial charge on any atom is 0.229 e. The van der Waals surface area contributed by atoms with Crippen molar-refractivity contribution >= 4 is 34.6 Å². The summed E-state index contributed by atoms with van der Waals surface area (Å²) in [6.45, 7) is 14.0. The number of nitrogens with two attached hydrogens (primary N) is 1. The number of ether oxygens (including phenoxy) is 3. The molecule has 0 radical (unpaired) electrons. The Morgan fingerprint density at radius 1 is 1.00 bits per heavy atom. The lowest BCUT2D eigenvalue weighted by molar-refractivity contribution is -0.00570. The zero-order valence-electron chi connectivity index (χ0n) is 28.1. The first kappa shape index (κ1) is 33.5. The van der Waals surface area contributed by atoms with Crippen LogP contribution in [-0.2, 0) is 27.3 Å². The van der Waals surface area contributed by atoms with Crippen LogP contribution in [0.1, 0.15) is 44.8 Å². The highest BCUT2D eigenvalue weighted by molar-refractivity contribution is 7.98. The molecule has 47 heavy (non-hydrogen) atoms. The van der Waals surface area contributed by atoms with Crippen LogP contribution in [0.5, 0.6) is 5.75 Å². The Labute approximate surface area is 281 Å². The fourth-order valence-electron chi connectivity index (χ4n) is 6.06. The monoisotopic (exact) mass is 661 g/mol. The van der Waals surface area contributed by atoms with E-state index in [0.29, 0.717) is 31.4 Å². The van der Waals surface area contributed by atoms with E-state index in [1.165, 1.54) is 0 Å². The molecule has 0 spiro atoms. The van der Waals surface area contributed by atoms with Gasteiger partial charge in [0.2, 0.25) is 5.95 Å². The molecule has 2 aliphatic rings. The first-order valence-electron chi connectivity index (χ1n) is 16.4. The molecule has 12 heteroatoms. The molecular formula is C35H47N7O4S. The summed E-state index contributed by atoms with van der Waals surface area (Å²) < 4.78 is 23.3. The highest BCUT2D eigenvalue weighted by Gasteiger charge is 2.27. The normalized spacial score (nSPS) is 19.0. The summed E-state index contributed by atoms with van der Waals surface area (Å²) in [7, 11) is 1.71. The predicted octanol–water partition coefficient (Wildman–Crippen LogP) is 4.96. The van der Waals surface area contributed by atoms with E-state index in [4.69, 9.17) is 39.3 Å². The molecule has 4 aromatic rings. The van der Waals surface area contributed by atoms with Crippen molar-refractivity contribution in [1.29, 1.82) is 0 Å². The molecule has 2 atom stereocenters. The maximum atomic E-state index is 6.15. The number of morpholine rings is 2. The molecular weight excluding hydrogens is 614 g/mol. The van der Waals surface area contributed by atoms with Crippen molar-refractivity contribution in [3.8, 4) is 17.0 Å². The molecule has 11 nitrogen and oxygen atoms in total. The Morgan fingerprint density at radius 2 is 1.79 bits per heavy atom. The van der Waals surface area contributed by atoms with Gasteiger partial charge in [-0.3, -0.25) is 0 Å². The molecule has 1 aromatic carbocycles. The number of nitrogens with zero attached hydrogens (tertiary/aromatic N) is 5. The first-order valence-corrected chi connectivity index (χ1v) is 17.6. The van der Waals surface area contributed by atoms with Gasteiger partial charge in [0, 0.05) is 56.1 Å². The van der Waals surface area contributed by atoms with Crippen molar-refractivity contribution in [2.24, 2.45) is 5.73 Å². The fourth-order valence-corrected chi connectivity index (χ4v) is 6.85. The number of fused-ring (bicyclic) bond motifs is 1. The second-order valence-corrected chi connectivity index (χ2v) is 14.0. The van der Waals surface area contributed by atoms with Crippen LogP contribution >= 0.6 is 11.8 Å². The summed E-state index contributed by atoms with van der Waals surface area (Å²) in [4.78, 5) is 19.7. The molecule has 0 bridgehead atoms. The highest BCUT2D eigenvalue weighted by Crippen LogP contribution is 2.32. The summed E-state index contributed by atoms with van der Waals surface area (Å²) in [6, 6.07) is 14.4. The van der Waals surface area contributed by atoms with Crippen molar-refractivity contribution in [2.75, 3.05) is 68.6 Å². The van der Waals surface area contributed by atoms with E-state index in [2.05, 4.69) is 53.2 Å². The van der Waals surface area contributed by atoms with Crippen molar-refractivity contribution in [3.63, 3.8) is 0 Å². The van der Waals surface area contributed by atoms with Gasteiger partial charge in [-0.2, -0.15) is 21.7 Å². The zero-order chi connectivity index (χ0) is 33.0. The SMILES string of the molecule is COc1ccc(-c2ccc3c(N4CCOCC4)nc(N4CC(C)OC(C)C4)nc3n2)cc1CNCCSCc1ccc(C(C)(C)N)o1. The average molecular weight is 662 g/mol. The van der Waals surface area contributed by atoms with Gasteiger partial charge in [-0.25, -0.2) is 4.98 Å². The third kappa shape index (κ3) is 8.18. The van der Waals surface area contributed by atoms with Crippen LogP contribution in [0.3, 0.4) is 0 Å². The van der Waals surface area contributed by atoms with Crippen LogP contribution in [-0.4, -0.2) is 86.0 Å². The second kappa shape index (κ2) is 14.8. The Hall–Kier alpha value is -3.42. The van der Waals surface area contributed by atoms with Crippen molar-refractivity contribution in [3.05, 3.63) is 59.5 Å². The number of pyridine rings is 1. The average Bonchev–Trinajstić information content (AvgIpc) is 3.55. The number of hydrogen-bond donors (Lipinski definition) is 2. The van der Waals surface area contributed by atoms with E-state index in [1.807, 2.05) is 43.8 Å². The van der Waals surface area contributed by atoms with Gasteiger partial charge in [0.1, 0.15) is 23.1 Å².